The van der Waals surface area contributed by atoms with Crippen molar-refractivity contribution in [2.45, 2.75) is 39.7 Å². The van der Waals surface area contributed by atoms with Gasteiger partial charge in [-0.25, -0.2) is 9.97 Å². The van der Waals surface area contributed by atoms with Gasteiger partial charge in [0.25, 0.3) is 5.91 Å². The summed E-state index contributed by atoms with van der Waals surface area (Å²) in [6, 6.07) is 2.01. The van der Waals surface area contributed by atoms with E-state index in [1.54, 1.807) is 6.92 Å². The minimum Gasteiger partial charge on any atom is -0.357 e. The molecule has 2 aromatic rings. The van der Waals surface area contributed by atoms with Gasteiger partial charge < -0.3 is 10.2 Å². The summed E-state index contributed by atoms with van der Waals surface area (Å²) in [6.45, 7) is 6.11. The fraction of sp³-hybridized carbons (Fsp3) is 0.533. The maximum Gasteiger partial charge on any atom is 0.265 e. The molecule has 0 saturated carbocycles. The van der Waals surface area contributed by atoms with Crippen molar-refractivity contribution in [2.75, 3.05) is 18.0 Å². The van der Waals surface area contributed by atoms with Crippen LogP contribution in [0.3, 0.4) is 0 Å². The minimum absolute atomic E-state index is 0.179. The number of piperidine rings is 1. The summed E-state index contributed by atoms with van der Waals surface area (Å²) in [5, 5.41) is 6.70. The van der Waals surface area contributed by atoms with Gasteiger partial charge in [0.1, 0.15) is 16.5 Å². The molecule has 1 aliphatic heterocycles. The molecule has 1 N–H and O–H groups in total. The summed E-state index contributed by atoms with van der Waals surface area (Å²) in [7, 11) is 0. The molecular formula is C15H20N6OS. The number of hydrogen-bond acceptors (Lipinski definition) is 7. The van der Waals surface area contributed by atoms with E-state index >= 15 is 0 Å². The monoisotopic (exact) mass is 332 g/mol. The molecule has 0 aliphatic carbocycles. The zero-order chi connectivity index (χ0) is 16.2. The third-order valence-corrected chi connectivity index (χ3v) is 4.66. The molecule has 122 valence electrons. The van der Waals surface area contributed by atoms with E-state index in [2.05, 4.69) is 29.8 Å². The van der Waals surface area contributed by atoms with Gasteiger partial charge in [-0.05, 0) is 44.6 Å². The summed E-state index contributed by atoms with van der Waals surface area (Å²) < 4.78 is 3.78. The molecule has 0 aromatic carbocycles. The van der Waals surface area contributed by atoms with Gasteiger partial charge in [-0.2, -0.15) is 0 Å². The highest BCUT2D eigenvalue weighted by Gasteiger charge is 2.16. The Morgan fingerprint density at radius 1 is 1.26 bits per heavy atom. The summed E-state index contributed by atoms with van der Waals surface area (Å²) in [6.07, 6.45) is 3.69. The summed E-state index contributed by atoms with van der Waals surface area (Å²) in [5.74, 6) is 1.41. The van der Waals surface area contributed by atoms with E-state index in [4.69, 9.17) is 0 Å². The number of rotatable bonds is 4. The standard InChI is InChI=1S/C15H20N6OS/c1-10-8-13(21-6-4-3-5-7-21)18-12(17-10)9-16-15(22)14-11(2)19-20-23-14/h8H,3-7,9H2,1-2H3,(H,16,22). The third kappa shape index (κ3) is 3.82. The predicted octanol–water partition coefficient (Wildman–Crippen LogP) is 1.87. The molecule has 0 spiro atoms. The molecule has 1 aliphatic rings. The molecule has 2 aromatic heterocycles. The Kier molecular flexibility index (Phi) is 4.80. The van der Waals surface area contributed by atoms with E-state index in [1.807, 2.05) is 13.0 Å². The van der Waals surface area contributed by atoms with Gasteiger partial charge in [-0.1, -0.05) is 4.49 Å². The van der Waals surface area contributed by atoms with Crippen LogP contribution in [0.5, 0.6) is 0 Å². The number of aromatic nitrogens is 4. The molecule has 0 atom stereocenters. The molecule has 1 saturated heterocycles. The van der Waals surface area contributed by atoms with Crippen LogP contribution in [-0.4, -0.2) is 38.6 Å². The maximum absolute atomic E-state index is 12.1. The molecule has 23 heavy (non-hydrogen) atoms. The molecule has 1 amide bonds. The lowest BCUT2D eigenvalue weighted by Crippen LogP contribution is -2.31. The number of amides is 1. The zero-order valence-corrected chi connectivity index (χ0v) is 14.2. The number of carbonyl (C=O) groups excluding carboxylic acids is 1. The molecule has 0 bridgehead atoms. The Balaban J connectivity index is 1.69. The van der Waals surface area contributed by atoms with E-state index in [9.17, 15) is 4.79 Å². The number of nitrogens with zero attached hydrogens (tertiary/aromatic N) is 5. The first kappa shape index (κ1) is 15.8. The largest absolute Gasteiger partial charge is 0.357 e. The van der Waals surface area contributed by atoms with Gasteiger partial charge in [0.2, 0.25) is 0 Å². The summed E-state index contributed by atoms with van der Waals surface area (Å²) in [4.78, 5) is 24.0. The minimum atomic E-state index is -0.179. The van der Waals surface area contributed by atoms with Crippen molar-refractivity contribution >= 4 is 23.3 Å². The van der Waals surface area contributed by atoms with Crippen LogP contribution >= 0.6 is 11.5 Å². The normalized spacial score (nSPS) is 14.8. The van der Waals surface area contributed by atoms with E-state index in [0.29, 0.717) is 22.9 Å². The number of carbonyl (C=O) groups is 1. The molecule has 7 nitrogen and oxygen atoms in total. The Morgan fingerprint density at radius 2 is 2.04 bits per heavy atom. The molecule has 8 heteroatoms. The fourth-order valence-electron chi connectivity index (χ4n) is 2.66. The van der Waals surface area contributed by atoms with Crippen LogP contribution in [-0.2, 0) is 6.54 Å². The van der Waals surface area contributed by atoms with Crippen LogP contribution in [0.1, 0.15) is 46.1 Å². The van der Waals surface area contributed by atoms with Crippen LogP contribution in [0.15, 0.2) is 6.07 Å². The summed E-state index contributed by atoms with van der Waals surface area (Å²) in [5.41, 5.74) is 1.56. The first-order valence-electron chi connectivity index (χ1n) is 7.80. The highest BCUT2D eigenvalue weighted by Crippen LogP contribution is 2.18. The Labute approximate surface area is 139 Å². The van der Waals surface area contributed by atoms with Crippen LogP contribution in [0, 0.1) is 13.8 Å². The van der Waals surface area contributed by atoms with Gasteiger partial charge in [-0.15, -0.1) is 5.10 Å². The van der Waals surface area contributed by atoms with Gasteiger partial charge >= 0.3 is 0 Å². The van der Waals surface area contributed by atoms with Crippen molar-refractivity contribution in [3.8, 4) is 0 Å². The second-order valence-corrected chi connectivity index (χ2v) is 6.46. The van der Waals surface area contributed by atoms with Crippen LogP contribution in [0.2, 0.25) is 0 Å². The fourth-order valence-corrected chi connectivity index (χ4v) is 3.23. The maximum atomic E-state index is 12.1. The van der Waals surface area contributed by atoms with E-state index in [-0.39, 0.29) is 5.91 Å². The van der Waals surface area contributed by atoms with Gasteiger partial charge in [0.15, 0.2) is 0 Å². The van der Waals surface area contributed by atoms with Crippen molar-refractivity contribution in [1.82, 2.24) is 24.9 Å². The first-order chi connectivity index (χ1) is 11.1. The lowest BCUT2D eigenvalue weighted by molar-refractivity contribution is 0.0953. The van der Waals surface area contributed by atoms with E-state index in [1.165, 1.54) is 19.3 Å². The number of aryl methyl sites for hydroxylation is 2. The predicted molar refractivity (Wildman–Crippen MR) is 88.6 cm³/mol. The zero-order valence-electron chi connectivity index (χ0n) is 13.4. The third-order valence-electron chi connectivity index (χ3n) is 3.83. The SMILES string of the molecule is Cc1cc(N2CCCCC2)nc(CNC(=O)c2snnc2C)n1. The smallest absolute Gasteiger partial charge is 0.265 e. The Bertz CT molecular complexity index is 695. The molecule has 3 heterocycles. The van der Waals surface area contributed by atoms with Crippen LogP contribution in [0.4, 0.5) is 5.82 Å². The molecule has 0 radical (unpaired) electrons. The second kappa shape index (κ2) is 6.99. The van der Waals surface area contributed by atoms with Crippen molar-refractivity contribution in [3.05, 3.63) is 28.2 Å². The van der Waals surface area contributed by atoms with Gasteiger partial charge in [0, 0.05) is 24.8 Å². The van der Waals surface area contributed by atoms with Crippen molar-refractivity contribution in [1.29, 1.82) is 0 Å². The van der Waals surface area contributed by atoms with Gasteiger partial charge in [-0.3, -0.25) is 4.79 Å². The quantitative estimate of drug-likeness (QED) is 0.920. The average molecular weight is 332 g/mol. The highest BCUT2D eigenvalue weighted by atomic mass is 32.1. The van der Waals surface area contributed by atoms with E-state index < -0.39 is 0 Å². The number of nitrogens with one attached hydrogen (secondary N) is 1. The Morgan fingerprint density at radius 3 is 2.74 bits per heavy atom. The molecule has 1 fully saturated rings. The lowest BCUT2D eigenvalue weighted by atomic mass is 10.1. The number of anilines is 1. The topological polar surface area (TPSA) is 83.9 Å². The van der Waals surface area contributed by atoms with E-state index in [0.717, 1.165) is 36.1 Å². The van der Waals surface area contributed by atoms with Crippen LogP contribution in [0.25, 0.3) is 0 Å². The van der Waals surface area contributed by atoms with Gasteiger partial charge in [0.05, 0.1) is 12.2 Å². The molecule has 3 rings (SSSR count). The second-order valence-electron chi connectivity index (χ2n) is 5.70. The molecule has 0 unspecified atom stereocenters. The summed E-state index contributed by atoms with van der Waals surface area (Å²) >= 11 is 1.10. The van der Waals surface area contributed by atoms with Crippen molar-refractivity contribution < 1.29 is 4.79 Å². The molecular weight excluding hydrogens is 312 g/mol. The highest BCUT2D eigenvalue weighted by molar-refractivity contribution is 7.07. The lowest BCUT2D eigenvalue weighted by Gasteiger charge is -2.28. The van der Waals surface area contributed by atoms with Crippen molar-refractivity contribution in [2.24, 2.45) is 0 Å². The van der Waals surface area contributed by atoms with Crippen LogP contribution < -0.4 is 10.2 Å². The number of hydrogen-bond donors (Lipinski definition) is 1. The first-order valence-corrected chi connectivity index (χ1v) is 8.57. The Hall–Kier alpha value is -2.09. The van der Waals surface area contributed by atoms with Crippen molar-refractivity contribution in [3.63, 3.8) is 0 Å². The average Bonchev–Trinajstić information content (AvgIpc) is 2.99.